The van der Waals surface area contributed by atoms with Crippen LogP contribution in [-0.2, 0) is 4.79 Å². The molecule has 2 aromatic carbocycles. The van der Waals surface area contributed by atoms with Gasteiger partial charge < -0.3 is 10.6 Å². The maximum Gasteiger partial charge on any atom is 0.251 e. The Hall–Kier alpha value is -2.99. The lowest BCUT2D eigenvalue weighted by molar-refractivity contribution is -0.115. The molecule has 2 N–H and O–H groups in total. The molecule has 0 unspecified atom stereocenters. The van der Waals surface area contributed by atoms with Crippen LogP contribution in [0.25, 0.3) is 11.3 Å². The van der Waals surface area contributed by atoms with Crippen molar-refractivity contribution in [1.82, 2.24) is 10.3 Å². The number of amides is 2. The normalized spacial score (nSPS) is 10.6. The van der Waals surface area contributed by atoms with Gasteiger partial charge in [-0.25, -0.2) is 4.98 Å². The average Bonchev–Trinajstić information content (AvgIpc) is 3.15. The minimum atomic E-state index is -0.310. The summed E-state index contributed by atoms with van der Waals surface area (Å²) in [7, 11) is 0. The number of carbonyl (C=O) groups is 2. The van der Waals surface area contributed by atoms with E-state index in [2.05, 4.69) is 41.6 Å². The number of thiazole rings is 1. The van der Waals surface area contributed by atoms with E-state index in [9.17, 15) is 9.59 Å². The number of rotatable bonds is 6. The number of hydrogen-bond donors (Lipinski definition) is 2. The molecule has 5 nitrogen and oxygen atoms in total. The van der Waals surface area contributed by atoms with Crippen LogP contribution in [0.4, 0.5) is 5.13 Å². The highest BCUT2D eigenvalue weighted by Crippen LogP contribution is 2.26. The van der Waals surface area contributed by atoms with Crippen LogP contribution in [0.15, 0.2) is 60.0 Å². The second-order valence-electron chi connectivity index (χ2n) is 6.41. The lowest BCUT2D eigenvalue weighted by Crippen LogP contribution is -2.32. The number of aromatic nitrogens is 1. The van der Waals surface area contributed by atoms with E-state index >= 15 is 0 Å². The Morgan fingerprint density at radius 3 is 2.41 bits per heavy atom. The topological polar surface area (TPSA) is 71.1 Å². The molecule has 0 saturated heterocycles. The van der Waals surface area contributed by atoms with Gasteiger partial charge in [0.1, 0.15) is 0 Å². The quantitative estimate of drug-likeness (QED) is 0.671. The summed E-state index contributed by atoms with van der Waals surface area (Å²) >= 11 is 1.36. The second kappa shape index (κ2) is 8.60. The molecule has 3 rings (SSSR count). The van der Waals surface area contributed by atoms with E-state index in [1.165, 1.54) is 16.9 Å². The highest BCUT2D eigenvalue weighted by atomic mass is 32.1. The maximum atomic E-state index is 12.1. The smallest absolute Gasteiger partial charge is 0.251 e. The largest absolute Gasteiger partial charge is 0.343 e. The first-order valence-corrected chi connectivity index (χ1v) is 9.60. The molecule has 0 spiro atoms. The first-order valence-electron chi connectivity index (χ1n) is 8.72. The highest BCUT2D eigenvalue weighted by Gasteiger charge is 2.11. The van der Waals surface area contributed by atoms with E-state index in [1.807, 2.05) is 23.6 Å². The summed E-state index contributed by atoms with van der Waals surface area (Å²) in [5, 5.41) is 7.74. The number of anilines is 1. The molecule has 27 heavy (non-hydrogen) atoms. The molecule has 0 radical (unpaired) electrons. The van der Waals surface area contributed by atoms with Gasteiger partial charge in [-0.15, -0.1) is 11.3 Å². The third-order valence-electron chi connectivity index (χ3n) is 4.07. The monoisotopic (exact) mass is 379 g/mol. The van der Waals surface area contributed by atoms with E-state index < -0.39 is 0 Å². The first kappa shape index (κ1) is 18.8. The van der Waals surface area contributed by atoms with Crippen molar-refractivity contribution in [2.24, 2.45) is 0 Å². The lowest BCUT2D eigenvalue weighted by Gasteiger charge is -2.06. The van der Waals surface area contributed by atoms with Gasteiger partial charge in [0.05, 0.1) is 12.2 Å². The standard InChI is InChI=1S/C21H21N3O2S/c1-14(2)15-8-10-16(11-9-15)18-13-27-21(23-18)24-19(25)12-22-20(26)17-6-4-3-5-7-17/h3-11,13-14H,12H2,1-2H3,(H,22,26)(H,23,24,25). The summed E-state index contributed by atoms with van der Waals surface area (Å²) < 4.78 is 0. The number of carbonyl (C=O) groups excluding carboxylic acids is 2. The van der Waals surface area contributed by atoms with Crippen LogP contribution in [0, 0.1) is 0 Å². The zero-order valence-corrected chi connectivity index (χ0v) is 16.0. The predicted octanol–water partition coefficient (Wildman–Crippen LogP) is 4.30. The molecule has 1 heterocycles. The highest BCUT2D eigenvalue weighted by molar-refractivity contribution is 7.14. The number of hydrogen-bond acceptors (Lipinski definition) is 4. The van der Waals surface area contributed by atoms with Crippen LogP contribution in [0.5, 0.6) is 0 Å². The van der Waals surface area contributed by atoms with Gasteiger partial charge in [-0.2, -0.15) is 0 Å². The Morgan fingerprint density at radius 2 is 1.74 bits per heavy atom. The Morgan fingerprint density at radius 1 is 1.04 bits per heavy atom. The molecule has 0 fully saturated rings. The van der Waals surface area contributed by atoms with E-state index in [0.717, 1.165) is 11.3 Å². The van der Waals surface area contributed by atoms with Crippen molar-refractivity contribution >= 4 is 28.3 Å². The van der Waals surface area contributed by atoms with Crippen molar-refractivity contribution in [2.75, 3.05) is 11.9 Å². The maximum absolute atomic E-state index is 12.1. The van der Waals surface area contributed by atoms with Crippen LogP contribution in [0.2, 0.25) is 0 Å². The van der Waals surface area contributed by atoms with Gasteiger partial charge in [0.25, 0.3) is 5.91 Å². The van der Waals surface area contributed by atoms with E-state index in [-0.39, 0.29) is 18.4 Å². The third kappa shape index (κ3) is 5.01. The SMILES string of the molecule is CC(C)c1ccc(-c2csc(NC(=O)CNC(=O)c3ccccc3)n2)cc1. The van der Waals surface area contributed by atoms with Gasteiger partial charge in [0.15, 0.2) is 5.13 Å². The summed E-state index contributed by atoms with van der Waals surface area (Å²) in [5.41, 5.74) is 3.62. The number of nitrogens with zero attached hydrogens (tertiary/aromatic N) is 1. The Bertz CT molecular complexity index is 918. The summed E-state index contributed by atoms with van der Waals surface area (Å²) in [5.74, 6) is -0.110. The fourth-order valence-corrected chi connectivity index (χ4v) is 3.25. The number of benzene rings is 2. The van der Waals surface area contributed by atoms with Crippen LogP contribution < -0.4 is 10.6 Å². The van der Waals surface area contributed by atoms with Gasteiger partial charge in [-0.3, -0.25) is 9.59 Å². The minimum absolute atomic E-state index is 0.105. The first-order chi connectivity index (χ1) is 13.0. The average molecular weight is 379 g/mol. The molecule has 138 valence electrons. The van der Waals surface area contributed by atoms with Crippen LogP contribution in [0.1, 0.15) is 35.7 Å². The third-order valence-corrected chi connectivity index (χ3v) is 4.83. The lowest BCUT2D eigenvalue weighted by atomic mass is 10.0. The van der Waals surface area contributed by atoms with Crippen molar-refractivity contribution in [3.63, 3.8) is 0 Å². The molecule has 0 atom stereocenters. The Balaban J connectivity index is 1.55. The molecule has 0 bridgehead atoms. The van der Waals surface area contributed by atoms with E-state index in [0.29, 0.717) is 16.6 Å². The van der Waals surface area contributed by atoms with Gasteiger partial charge >= 0.3 is 0 Å². The van der Waals surface area contributed by atoms with Gasteiger partial charge in [-0.1, -0.05) is 56.3 Å². The molecule has 0 aliphatic carbocycles. The van der Waals surface area contributed by atoms with Crippen molar-refractivity contribution in [3.8, 4) is 11.3 Å². The second-order valence-corrected chi connectivity index (χ2v) is 7.27. The zero-order chi connectivity index (χ0) is 19.2. The molecule has 1 aromatic heterocycles. The molecule has 2 amide bonds. The van der Waals surface area contributed by atoms with Crippen LogP contribution in [0.3, 0.4) is 0 Å². The Kier molecular flexibility index (Phi) is 5.98. The summed E-state index contributed by atoms with van der Waals surface area (Å²) in [6, 6.07) is 17.1. The molecule has 6 heteroatoms. The Labute approximate surface area is 162 Å². The van der Waals surface area contributed by atoms with Gasteiger partial charge in [-0.05, 0) is 23.6 Å². The molecular formula is C21H21N3O2S. The minimum Gasteiger partial charge on any atom is -0.343 e. The van der Waals surface area contributed by atoms with Crippen molar-refractivity contribution in [2.45, 2.75) is 19.8 Å². The van der Waals surface area contributed by atoms with E-state index in [1.54, 1.807) is 24.3 Å². The zero-order valence-electron chi connectivity index (χ0n) is 15.2. The van der Waals surface area contributed by atoms with E-state index in [4.69, 9.17) is 0 Å². The molecule has 0 aliphatic heterocycles. The molecule has 0 saturated carbocycles. The van der Waals surface area contributed by atoms with Gasteiger partial charge in [0, 0.05) is 16.5 Å². The van der Waals surface area contributed by atoms with Gasteiger partial charge in [0.2, 0.25) is 5.91 Å². The van der Waals surface area contributed by atoms with Crippen molar-refractivity contribution in [3.05, 3.63) is 71.1 Å². The molecule has 0 aliphatic rings. The van der Waals surface area contributed by atoms with Crippen molar-refractivity contribution < 1.29 is 9.59 Å². The molecular weight excluding hydrogens is 358 g/mol. The van der Waals surface area contributed by atoms with Crippen LogP contribution in [-0.4, -0.2) is 23.3 Å². The predicted molar refractivity (Wildman–Crippen MR) is 109 cm³/mol. The fourth-order valence-electron chi connectivity index (χ4n) is 2.52. The summed E-state index contributed by atoms with van der Waals surface area (Å²) in [4.78, 5) is 28.5. The molecule has 3 aromatic rings. The summed E-state index contributed by atoms with van der Waals surface area (Å²) in [6.07, 6.45) is 0. The summed E-state index contributed by atoms with van der Waals surface area (Å²) in [6.45, 7) is 4.20. The fraction of sp³-hybridized carbons (Fsp3) is 0.190. The van der Waals surface area contributed by atoms with Crippen molar-refractivity contribution in [1.29, 1.82) is 0 Å². The number of nitrogens with one attached hydrogen (secondary N) is 2. The van der Waals surface area contributed by atoms with Crippen LogP contribution >= 0.6 is 11.3 Å².